The van der Waals surface area contributed by atoms with Crippen LogP contribution in [0.1, 0.15) is 24.8 Å². The van der Waals surface area contributed by atoms with Crippen molar-refractivity contribution in [1.29, 1.82) is 0 Å². The molecule has 0 saturated carbocycles. The van der Waals surface area contributed by atoms with Gasteiger partial charge in [0.25, 0.3) is 0 Å². The number of hydrogen-bond acceptors (Lipinski definition) is 2. The Morgan fingerprint density at radius 3 is 2.57 bits per heavy atom. The fourth-order valence-corrected chi connectivity index (χ4v) is 2.78. The Morgan fingerprint density at radius 1 is 1.13 bits per heavy atom. The first-order valence-corrected chi connectivity index (χ1v) is 8.30. The van der Waals surface area contributed by atoms with Crippen molar-refractivity contribution in [2.24, 2.45) is 4.99 Å². The summed E-state index contributed by atoms with van der Waals surface area (Å²) >= 11 is 0. The number of hydrogen-bond donors (Lipinski definition) is 2. The molecule has 0 bridgehead atoms. The molecule has 0 radical (unpaired) electrons. The van der Waals surface area contributed by atoms with Crippen LogP contribution in [0.3, 0.4) is 0 Å². The van der Waals surface area contributed by atoms with Gasteiger partial charge in [-0.05, 0) is 44.0 Å². The van der Waals surface area contributed by atoms with Crippen molar-refractivity contribution in [3.05, 3.63) is 35.4 Å². The van der Waals surface area contributed by atoms with Crippen LogP contribution in [0.25, 0.3) is 0 Å². The van der Waals surface area contributed by atoms with Gasteiger partial charge in [-0.15, -0.1) is 0 Å². The zero-order valence-corrected chi connectivity index (χ0v) is 13.7. The molecule has 1 saturated heterocycles. The maximum atomic E-state index is 13.5. The van der Waals surface area contributed by atoms with E-state index in [0.717, 1.165) is 19.2 Å². The summed E-state index contributed by atoms with van der Waals surface area (Å²) in [6, 6.07) is 3.68. The van der Waals surface area contributed by atoms with Crippen molar-refractivity contribution in [3.8, 4) is 0 Å². The summed E-state index contributed by atoms with van der Waals surface area (Å²) in [6.07, 6.45) is 4.40. The fourth-order valence-electron chi connectivity index (χ4n) is 2.78. The number of guanidine groups is 1. The Balaban J connectivity index is 1.66. The van der Waals surface area contributed by atoms with Gasteiger partial charge in [0.2, 0.25) is 0 Å². The van der Waals surface area contributed by atoms with E-state index < -0.39 is 11.6 Å². The SMILES string of the molecule is CN=C(NCCc1ccc(F)cc1F)NCCN1CCCCC1. The molecular formula is C17H26F2N4. The van der Waals surface area contributed by atoms with Crippen molar-refractivity contribution in [2.45, 2.75) is 25.7 Å². The van der Waals surface area contributed by atoms with Gasteiger partial charge in [0.15, 0.2) is 5.96 Å². The summed E-state index contributed by atoms with van der Waals surface area (Å²) in [4.78, 5) is 6.62. The van der Waals surface area contributed by atoms with E-state index in [1.54, 1.807) is 7.05 Å². The first-order chi connectivity index (χ1) is 11.2. The molecule has 0 atom stereocenters. The number of piperidine rings is 1. The normalized spacial score (nSPS) is 16.4. The first kappa shape index (κ1) is 17.7. The van der Waals surface area contributed by atoms with Crippen LogP contribution >= 0.6 is 0 Å². The maximum absolute atomic E-state index is 13.5. The molecule has 0 spiro atoms. The molecule has 1 aliphatic rings. The second kappa shape index (κ2) is 9.45. The molecule has 4 nitrogen and oxygen atoms in total. The second-order valence-electron chi connectivity index (χ2n) is 5.81. The van der Waals surface area contributed by atoms with Gasteiger partial charge in [-0.3, -0.25) is 4.99 Å². The van der Waals surface area contributed by atoms with Crippen molar-refractivity contribution in [3.63, 3.8) is 0 Å². The van der Waals surface area contributed by atoms with E-state index in [2.05, 4.69) is 20.5 Å². The van der Waals surface area contributed by atoms with Crippen LogP contribution < -0.4 is 10.6 Å². The number of nitrogens with one attached hydrogen (secondary N) is 2. The fraction of sp³-hybridized carbons (Fsp3) is 0.588. The van der Waals surface area contributed by atoms with Gasteiger partial charge in [-0.1, -0.05) is 12.5 Å². The molecule has 1 fully saturated rings. The van der Waals surface area contributed by atoms with Crippen LogP contribution in [0.5, 0.6) is 0 Å². The Kier molecular flexibility index (Phi) is 7.26. The van der Waals surface area contributed by atoms with E-state index in [1.165, 1.54) is 44.5 Å². The van der Waals surface area contributed by atoms with E-state index >= 15 is 0 Å². The number of rotatable bonds is 6. The molecule has 0 aliphatic carbocycles. The van der Waals surface area contributed by atoms with Crippen LogP contribution in [0.4, 0.5) is 8.78 Å². The van der Waals surface area contributed by atoms with Gasteiger partial charge in [0.05, 0.1) is 0 Å². The Morgan fingerprint density at radius 2 is 1.87 bits per heavy atom. The predicted molar refractivity (Wildman–Crippen MR) is 89.7 cm³/mol. The highest BCUT2D eigenvalue weighted by Crippen LogP contribution is 2.09. The van der Waals surface area contributed by atoms with Crippen molar-refractivity contribution >= 4 is 5.96 Å². The quantitative estimate of drug-likeness (QED) is 0.622. The summed E-state index contributed by atoms with van der Waals surface area (Å²) < 4.78 is 26.4. The molecular weight excluding hydrogens is 298 g/mol. The number of benzene rings is 1. The van der Waals surface area contributed by atoms with Crippen LogP contribution in [-0.4, -0.2) is 50.6 Å². The minimum absolute atomic E-state index is 0.485. The third kappa shape index (κ3) is 6.14. The lowest BCUT2D eigenvalue weighted by Gasteiger charge is -2.26. The highest BCUT2D eigenvalue weighted by atomic mass is 19.1. The molecule has 1 aliphatic heterocycles. The number of halogens is 2. The van der Waals surface area contributed by atoms with Crippen LogP contribution in [0.2, 0.25) is 0 Å². The number of aliphatic imine (C=N–C) groups is 1. The van der Waals surface area contributed by atoms with Crippen LogP contribution in [-0.2, 0) is 6.42 Å². The molecule has 0 aromatic heterocycles. The van der Waals surface area contributed by atoms with Gasteiger partial charge in [-0.25, -0.2) is 8.78 Å². The van der Waals surface area contributed by atoms with E-state index in [9.17, 15) is 8.78 Å². The van der Waals surface area contributed by atoms with Gasteiger partial charge < -0.3 is 15.5 Å². The molecule has 1 aromatic carbocycles. The standard InChI is InChI=1S/C17H26F2N4/c1-20-17(22-9-12-23-10-3-2-4-11-23)21-8-7-14-5-6-15(18)13-16(14)19/h5-6,13H,2-4,7-12H2,1H3,(H2,20,21,22). The Hall–Kier alpha value is -1.69. The van der Waals surface area contributed by atoms with E-state index in [4.69, 9.17) is 0 Å². The largest absolute Gasteiger partial charge is 0.356 e. The maximum Gasteiger partial charge on any atom is 0.191 e. The third-order valence-corrected chi connectivity index (χ3v) is 4.09. The molecule has 6 heteroatoms. The zero-order valence-electron chi connectivity index (χ0n) is 13.7. The smallest absolute Gasteiger partial charge is 0.191 e. The molecule has 1 heterocycles. The number of likely N-dealkylation sites (tertiary alicyclic amines) is 1. The van der Waals surface area contributed by atoms with Gasteiger partial charge in [-0.2, -0.15) is 0 Å². The molecule has 2 N–H and O–H groups in total. The molecule has 128 valence electrons. The highest BCUT2D eigenvalue weighted by Gasteiger charge is 2.09. The Bertz CT molecular complexity index is 513. The average molecular weight is 324 g/mol. The predicted octanol–water partition coefficient (Wildman–Crippen LogP) is 2.16. The van der Waals surface area contributed by atoms with E-state index in [1.807, 2.05) is 0 Å². The third-order valence-electron chi connectivity index (χ3n) is 4.09. The van der Waals surface area contributed by atoms with Crippen molar-refractivity contribution in [1.82, 2.24) is 15.5 Å². The summed E-state index contributed by atoms with van der Waals surface area (Å²) in [5.41, 5.74) is 0.502. The van der Waals surface area contributed by atoms with E-state index in [-0.39, 0.29) is 0 Å². The van der Waals surface area contributed by atoms with Crippen LogP contribution in [0, 0.1) is 11.6 Å². The van der Waals surface area contributed by atoms with Gasteiger partial charge >= 0.3 is 0 Å². The first-order valence-electron chi connectivity index (χ1n) is 8.30. The Labute approximate surface area is 137 Å². The molecule has 0 amide bonds. The summed E-state index contributed by atoms with van der Waals surface area (Å²) in [5.74, 6) is -0.334. The molecule has 1 aromatic rings. The summed E-state index contributed by atoms with van der Waals surface area (Å²) in [7, 11) is 1.72. The average Bonchev–Trinajstić information content (AvgIpc) is 2.56. The van der Waals surface area contributed by atoms with Crippen molar-refractivity contribution in [2.75, 3.05) is 39.8 Å². The minimum atomic E-state index is -0.547. The van der Waals surface area contributed by atoms with Gasteiger partial charge in [0.1, 0.15) is 11.6 Å². The second-order valence-corrected chi connectivity index (χ2v) is 5.81. The minimum Gasteiger partial charge on any atom is -0.356 e. The zero-order chi connectivity index (χ0) is 16.5. The van der Waals surface area contributed by atoms with E-state index in [0.29, 0.717) is 24.5 Å². The summed E-state index contributed by atoms with van der Waals surface area (Å²) in [6.45, 7) is 4.75. The summed E-state index contributed by atoms with van der Waals surface area (Å²) in [5, 5.41) is 6.43. The molecule has 2 rings (SSSR count). The topological polar surface area (TPSA) is 39.7 Å². The molecule has 0 unspecified atom stereocenters. The lowest BCUT2D eigenvalue weighted by atomic mass is 10.1. The highest BCUT2D eigenvalue weighted by molar-refractivity contribution is 5.79. The lowest BCUT2D eigenvalue weighted by molar-refractivity contribution is 0.232. The molecule has 23 heavy (non-hydrogen) atoms. The lowest BCUT2D eigenvalue weighted by Crippen LogP contribution is -2.43. The van der Waals surface area contributed by atoms with Crippen molar-refractivity contribution < 1.29 is 8.78 Å². The van der Waals surface area contributed by atoms with Crippen LogP contribution in [0.15, 0.2) is 23.2 Å². The monoisotopic (exact) mass is 324 g/mol. The van der Waals surface area contributed by atoms with Gasteiger partial charge in [0, 0.05) is 32.7 Å². The number of nitrogens with zero attached hydrogens (tertiary/aromatic N) is 2.